The Morgan fingerprint density at radius 1 is 0.973 bits per heavy atom. The van der Waals surface area contributed by atoms with Gasteiger partial charge in [-0.2, -0.15) is 5.10 Å². The summed E-state index contributed by atoms with van der Waals surface area (Å²) >= 11 is 0. The minimum absolute atomic E-state index is 0.0937. The van der Waals surface area contributed by atoms with Crippen LogP contribution in [-0.2, 0) is 11.2 Å². The highest BCUT2D eigenvalue weighted by atomic mass is 16.5. The number of aryl methyl sites for hydroxylation is 1. The van der Waals surface area contributed by atoms with Gasteiger partial charge in [0, 0.05) is 35.2 Å². The van der Waals surface area contributed by atoms with Crippen LogP contribution < -0.4 is 15.2 Å². The Kier molecular flexibility index (Phi) is 6.35. The zero-order valence-corrected chi connectivity index (χ0v) is 20.8. The van der Waals surface area contributed by atoms with Gasteiger partial charge in [0.1, 0.15) is 11.4 Å². The molecule has 0 N–H and O–H groups in total. The fraction of sp³-hybridized carbons (Fsp3) is 0.214. The normalized spacial score (nSPS) is 12.8. The molecule has 5 rings (SSSR count). The molecule has 1 aliphatic rings. The predicted octanol–water partition coefficient (Wildman–Crippen LogP) is 3.72. The van der Waals surface area contributed by atoms with Gasteiger partial charge in [-0.05, 0) is 74.9 Å². The van der Waals surface area contributed by atoms with Crippen LogP contribution in [0, 0.1) is 6.92 Å². The van der Waals surface area contributed by atoms with Gasteiger partial charge in [0.05, 0.1) is 19.4 Å². The van der Waals surface area contributed by atoms with Gasteiger partial charge in [0.15, 0.2) is 5.69 Å². The van der Waals surface area contributed by atoms with Crippen molar-refractivity contribution in [1.29, 1.82) is 0 Å². The van der Waals surface area contributed by atoms with Crippen LogP contribution >= 0.6 is 0 Å². The van der Waals surface area contributed by atoms with Crippen molar-refractivity contribution in [3.8, 4) is 17.1 Å². The number of fused-ring (bicyclic) bond motifs is 1. The molecule has 37 heavy (non-hydrogen) atoms. The molecule has 0 atom stereocenters. The highest BCUT2D eigenvalue weighted by Gasteiger charge is 2.35. The summed E-state index contributed by atoms with van der Waals surface area (Å²) in [6, 6.07) is 17.9. The van der Waals surface area contributed by atoms with Crippen molar-refractivity contribution in [2.75, 3.05) is 25.2 Å². The number of nitrogens with zero attached hydrogens (tertiary/aromatic N) is 4. The number of ether oxygens (including phenoxy) is 2. The number of aromatic nitrogens is 3. The van der Waals surface area contributed by atoms with Crippen molar-refractivity contribution >= 4 is 17.6 Å². The molecular formula is C28H26N4O5. The molecule has 0 saturated heterocycles. The van der Waals surface area contributed by atoms with Crippen molar-refractivity contribution in [2.24, 2.45) is 0 Å². The molecule has 1 amide bonds. The molecule has 0 fully saturated rings. The number of hydrogen-bond donors (Lipinski definition) is 0. The summed E-state index contributed by atoms with van der Waals surface area (Å²) in [6.07, 6.45) is 2.15. The number of amides is 1. The fourth-order valence-electron chi connectivity index (χ4n) is 4.48. The summed E-state index contributed by atoms with van der Waals surface area (Å²) in [5, 5.41) is 4.50. The monoisotopic (exact) mass is 498 g/mol. The lowest BCUT2D eigenvalue weighted by Gasteiger charge is -2.28. The van der Waals surface area contributed by atoms with Crippen molar-refractivity contribution < 1.29 is 19.1 Å². The third-order valence-electron chi connectivity index (χ3n) is 6.38. The molecule has 9 heteroatoms. The number of pyridine rings is 1. The van der Waals surface area contributed by atoms with Crippen LogP contribution in [-0.4, -0.2) is 46.5 Å². The minimum Gasteiger partial charge on any atom is -0.497 e. The second-order valence-electron chi connectivity index (χ2n) is 8.60. The molecule has 3 heterocycles. The Hall–Kier alpha value is -4.66. The molecule has 0 saturated carbocycles. The first kappa shape index (κ1) is 24.1. The molecule has 0 radical (unpaired) electrons. The molecule has 4 aromatic rings. The smallest absolute Gasteiger partial charge is 0.359 e. The number of methoxy groups -OCH3 is 1. The van der Waals surface area contributed by atoms with Crippen LogP contribution in [0.2, 0.25) is 0 Å². The summed E-state index contributed by atoms with van der Waals surface area (Å²) in [7, 11) is 1.58. The number of carbonyl (C=O) groups is 2. The van der Waals surface area contributed by atoms with Crippen LogP contribution in [0.4, 0.5) is 5.69 Å². The number of anilines is 1. The fourth-order valence-corrected chi connectivity index (χ4v) is 4.48. The average Bonchev–Trinajstić information content (AvgIpc) is 3.32. The largest absolute Gasteiger partial charge is 0.497 e. The third-order valence-corrected chi connectivity index (χ3v) is 6.38. The lowest BCUT2D eigenvalue weighted by Crippen LogP contribution is -2.39. The van der Waals surface area contributed by atoms with Crippen molar-refractivity contribution in [3.05, 3.63) is 99.7 Å². The van der Waals surface area contributed by atoms with Gasteiger partial charge in [0.25, 0.3) is 11.5 Å². The van der Waals surface area contributed by atoms with Gasteiger partial charge in [0.2, 0.25) is 0 Å². The number of benzene rings is 2. The number of rotatable bonds is 6. The quantitative estimate of drug-likeness (QED) is 0.376. The van der Waals surface area contributed by atoms with E-state index < -0.39 is 5.97 Å². The molecule has 1 aliphatic heterocycles. The maximum Gasteiger partial charge on any atom is 0.359 e. The summed E-state index contributed by atoms with van der Waals surface area (Å²) < 4.78 is 13.5. The molecule has 9 nitrogen and oxygen atoms in total. The van der Waals surface area contributed by atoms with E-state index in [1.165, 1.54) is 4.68 Å². The van der Waals surface area contributed by atoms with E-state index in [0.717, 1.165) is 0 Å². The first-order valence-electron chi connectivity index (χ1n) is 12.0. The number of hydrogen-bond acceptors (Lipinski definition) is 6. The van der Waals surface area contributed by atoms with E-state index in [1.807, 2.05) is 30.3 Å². The second-order valence-corrected chi connectivity index (χ2v) is 8.60. The van der Waals surface area contributed by atoms with Gasteiger partial charge in [-0.1, -0.05) is 6.07 Å². The summed E-state index contributed by atoms with van der Waals surface area (Å²) in [4.78, 5) is 40.6. The highest BCUT2D eigenvalue weighted by molar-refractivity contribution is 6.09. The van der Waals surface area contributed by atoms with Gasteiger partial charge in [-0.15, -0.1) is 0 Å². The summed E-state index contributed by atoms with van der Waals surface area (Å²) in [5.74, 6) is -0.169. The highest BCUT2D eigenvalue weighted by Crippen LogP contribution is 2.30. The first-order chi connectivity index (χ1) is 17.9. The molecular weight excluding hydrogens is 472 g/mol. The van der Waals surface area contributed by atoms with Crippen molar-refractivity contribution in [1.82, 2.24) is 14.3 Å². The zero-order chi connectivity index (χ0) is 26.1. The maximum absolute atomic E-state index is 13.8. The van der Waals surface area contributed by atoms with Crippen LogP contribution in [0.5, 0.6) is 5.75 Å². The van der Waals surface area contributed by atoms with Crippen LogP contribution in [0.1, 0.15) is 39.0 Å². The average molecular weight is 499 g/mol. The van der Waals surface area contributed by atoms with Crippen molar-refractivity contribution in [3.63, 3.8) is 0 Å². The molecule has 0 unspecified atom stereocenters. The van der Waals surface area contributed by atoms with Crippen molar-refractivity contribution in [2.45, 2.75) is 20.3 Å². The molecule has 0 spiro atoms. The van der Waals surface area contributed by atoms with Gasteiger partial charge in [-0.25, -0.2) is 9.48 Å². The molecule has 188 valence electrons. The minimum atomic E-state index is -0.555. The van der Waals surface area contributed by atoms with E-state index in [9.17, 15) is 14.4 Å². The van der Waals surface area contributed by atoms with E-state index in [1.54, 1.807) is 67.0 Å². The Morgan fingerprint density at radius 3 is 2.32 bits per heavy atom. The summed E-state index contributed by atoms with van der Waals surface area (Å²) in [5.41, 5.74) is 3.60. The van der Waals surface area contributed by atoms with E-state index >= 15 is 0 Å². The first-order valence-corrected chi connectivity index (χ1v) is 12.0. The molecule has 0 bridgehead atoms. The van der Waals surface area contributed by atoms with Crippen LogP contribution in [0.3, 0.4) is 0 Å². The topological polar surface area (TPSA) is 95.7 Å². The Bertz CT molecular complexity index is 1530. The number of esters is 1. The molecule has 0 aliphatic carbocycles. The van der Waals surface area contributed by atoms with Gasteiger partial charge < -0.3 is 14.4 Å². The zero-order valence-electron chi connectivity index (χ0n) is 20.8. The number of carbonyl (C=O) groups excluding carboxylic acids is 2. The van der Waals surface area contributed by atoms with E-state index in [2.05, 4.69) is 5.10 Å². The Labute approximate surface area is 213 Å². The van der Waals surface area contributed by atoms with Gasteiger partial charge >= 0.3 is 5.97 Å². The lowest BCUT2D eigenvalue weighted by molar-refractivity contribution is 0.0517. The Balaban J connectivity index is 1.54. The van der Waals surface area contributed by atoms with E-state index in [0.29, 0.717) is 52.6 Å². The predicted molar refractivity (Wildman–Crippen MR) is 138 cm³/mol. The molecule has 2 aromatic heterocycles. The SMILES string of the molecule is CCOC(=O)c1nn(-c2ccc(OC)cc2)c2c1CCN(c1ccc(-n3cccc(C)c3=O)cc1)C2=O. The molecule has 2 aromatic carbocycles. The Morgan fingerprint density at radius 2 is 1.65 bits per heavy atom. The van der Waals surface area contributed by atoms with E-state index in [-0.39, 0.29) is 23.8 Å². The van der Waals surface area contributed by atoms with Crippen LogP contribution in [0.25, 0.3) is 11.4 Å². The standard InChI is InChI=1S/C28H26N4O5/c1-4-37-28(35)24-23-15-17-31(20-9-7-19(8-10-20)30-16-5-6-18(2)26(30)33)27(34)25(23)32(29-24)21-11-13-22(36-3)14-12-21/h5-14,16H,4,15,17H2,1-3H3. The lowest BCUT2D eigenvalue weighted by atomic mass is 10.0. The maximum atomic E-state index is 13.8. The van der Waals surface area contributed by atoms with Gasteiger partial charge in [-0.3, -0.25) is 14.2 Å². The van der Waals surface area contributed by atoms with Crippen LogP contribution in [0.15, 0.2) is 71.7 Å². The second kappa shape index (κ2) is 9.77. The van der Waals surface area contributed by atoms with E-state index in [4.69, 9.17) is 9.47 Å². The third kappa shape index (κ3) is 4.29. The summed E-state index contributed by atoms with van der Waals surface area (Å²) in [6.45, 7) is 4.08.